The Balaban J connectivity index is 2.65. The molecule has 15 heavy (non-hydrogen) atoms. The Morgan fingerprint density at radius 2 is 2.27 bits per heavy atom. The Labute approximate surface area is 91.6 Å². The number of thiophene rings is 1. The van der Waals surface area contributed by atoms with Gasteiger partial charge in [-0.1, -0.05) is 17.3 Å². The SMILES string of the molecule is COc1cccc2cc(/C(C)=N/O)sc12. The van der Waals surface area contributed by atoms with E-state index in [1.54, 1.807) is 25.4 Å². The van der Waals surface area contributed by atoms with Crippen LogP contribution in [0.2, 0.25) is 0 Å². The molecule has 3 nitrogen and oxygen atoms in total. The first-order valence-electron chi connectivity index (χ1n) is 4.52. The Hall–Kier alpha value is -1.55. The summed E-state index contributed by atoms with van der Waals surface area (Å²) in [6, 6.07) is 7.89. The molecule has 0 spiro atoms. The van der Waals surface area contributed by atoms with Gasteiger partial charge in [-0.15, -0.1) is 11.3 Å². The number of hydrogen-bond donors (Lipinski definition) is 1. The van der Waals surface area contributed by atoms with Crippen LogP contribution >= 0.6 is 11.3 Å². The molecule has 78 valence electrons. The summed E-state index contributed by atoms with van der Waals surface area (Å²) in [4.78, 5) is 0.956. The molecule has 0 aliphatic heterocycles. The smallest absolute Gasteiger partial charge is 0.136 e. The number of benzene rings is 1. The van der Waals surface area contributed by atoms with E-state index < -0.39 is 0 Å². The summed E-state index contributed by atoms with van der Waals surface area (Å²) < 4.78 is 6.34. The summed E-state index contributed by atoms with van der Waals surface area (Å²) in [7, 11) is 1.65. The maximum Gasteiger partial charge on any atom is 0.136 e. The average molecular weight is 221 g/mol. The first-order valence-corrected chi connectivity index (χ1v) is 5.33. The third-order valence-electron chi connectivity index (χ3n) is 2.23. The van der Waals surface area contributed by atoms with E-state index in [0.717, 1.165) is 20.7 Å². The van der Waals surface area contributed by atoms with Crippen LogP contribution in [-0.2, 0) is 0 Å². The normalized spacial score (nSPS) is 12.0. The van der Waals surface area contributed by atoms with Crippen molar-refractivity contribution < 1.29 is 9.94 Å². The summed E-state index contributed by atoms with van der Waals surface area (Å²) in [6.45, 7) is 1.77. The second-order valence-electron chi connectivity index (χ2n) is 3.17. The minimum absolute atomic E-state index is 0.623. The van der Waals surface area contributed by atoms with Crippen molar-refractivity contribution in [1.29, 1.82) is 0 Å². The average Bonchev–Trinajstić information content (AvgIpc) is 2.71. The maximum atomic E-state index is 8.70. The number of nitrogens with zero attached hydrogens (tertiary/aromatic N) is 1. The molecule has 0 radical (unpaired) electrons. The van der Waals surface area contributed by atoms with Crippen LogP contribution in [0.25, 0.3) is 10.1 Å². The molecule has 0 saturated heterocycles. The van der Waals surface area contributed by atoms with Gasteiger partial charge in [0.2, 0.25) is 0 Å². The number of methoxy groups -OCH3 is 1. The molecule has 0 fully saturated rings. The zero-order chi connectivity index (χ0) is 10.8. The highest BCUT2D eigenvalue weighted by Gasteiger charge is 2.08. The van der Waals surface area contributed by atoms with Gasteiger partial charge in [0.15, 0.2) is 0 Å². The molecule has 0 bridgehead atoms. The van der Waals surface area contributed by atoms with Crippen LogP contribution in [-0.4, -0.2) is 18.0 Å². The monoisotopic (exact) mass is 221 g/mol. The van der Waals surface area contributed by atoms with Crippen LogP contribution in [0.4, 0.5) is 0 Å². The van der Waals surface area contributed by atoms with E-state index in [9.17, 15) is 0 Å². The van der Waals surface area contributed by atoms with Gasteiger partial charge in [0.25, 0.3) is 0 Å². The fourth-order valence-corrected chi connectivity index (χ4v) is 2.52. The van der Waals surface area contributed by atoms with E-state index in [0.29, 0.717) is 5.71 Å². The first kappa shape index (κ1) is 9.98. The summed E-state index contributed by atoms with van der Waals surface area (Å²) in [5, 5.41) is 13.0. The lowest BCUT2D eigenvalue weighted by atomic mass is 10.2. The van der Waals surface area contributed by atoms with Gasteiger partial charge in [-0.25, -0.2) is 0 Å². The fourth-order valence-electron chi connectivity index (χ4n) is 1.42. The molecule has 1 aromatic carbocycles. The number of oxime groups is 1. The molecular formula is C11H11NO2S. The highest BCUT2D eigenvalue weighted by atomic mass is 32.1. The predicted molar refractivity (Wildman–Crippen MR) is 62.4 cm³/mol. The Morgan fingerprint density at radius 3 is 2.93 bits per heavy atom. The van der Waals surface area contributed by atoms with Crippen molar-refractivity contribution in [3.8, 4) is 5.75 Å². The molecule has 1 N–H and O–H groups in total. The highest BCUT2D eigenvalue weighted by molar-refractivity contribution is 7.21. The predicted octanol–water partition coefficient (Wildman–Crippen LogP) is 3.11. The van der Waals surface area contributed by atoms with E-state index in [2.05, 4.69) is 5.16 Å². The van der Waals surface area contributed by atoms with Crippen molar-refractivity contribution in [3.63, 3.8) is 0 Å². The van der Waals surface area contributed by atoms with Crippen molar-refractivity contribution in [1.82, 2.24) is 0 Å². The van der Waals surface area contributed by atoms with Gasteiger partial charge in [-0.05, 0) is 24.4 Å². The Kier molecular flexibility index (Phi) is 2.60. The molecule has 0 amide bonds. The lowest BCUT2D eigenvalue weighted by Crippen LogP contribution is -1.87. The summed E-state index contributed by atoms with van der Waals surface area (Å²) in [6.07, 6.45) is 0. The summed E-state index contributed by atoms with van der Waals surface area (Å²) in [5.41, 5.74) is 0.623. The summed E-state index contributed by atoms with van der Waals surface area (Å²) >= 11 is 1.57. The van der Waals surface area contributed by atoms with Crippen molar-refractivity contribution in [2.75, 3.05) is 7.11 Å². The first-order chi connectivity index (χ1) is 7.26. The molecule has 1 heterocycles. The minimum atomic E-state index is 0.623. The molecule has 0 unspecified atom stereocenters. The molecule has 0 saturated carbocycles. The quantitative estimate of drug-likeness (QED) is 0.481. The van der Waals surface area contributed by atoms with Gasteiger partial charge in [-0.2, -0.15) is 0 Å². The van der Waals surface area contributed by atoms with E-state index in [-0.39, 0.29) is 0 Å². The largest absolute Gasteiger partial charge is 0.495 e. The molecular weight excluding hydrogens is 210 g/mol. The molecule has 1 aromatic heterocycles. The lowest BCUT2D eigenvalue weighted by molar-refractivity contribution is 0.319. The number of fused-ring (bicyclic) bond motifs is 1. The maximum absolute atomic E-state index is 8.70. The van der Waals surface area contributed by atoms with Crippen molar-refractivity contribution in [2.45, 2.75) is 6.92 Å². The van der Waals surface area contributed by atoms with Crippen LogP contribution in [0.15, 0.2) is 29.4 Å². The van der Waals surface area contributed by atoms with Gasteiger partial charge >= 0.3 is 0 Å². The molecule has 0 aliphatic rings. The second kappa shape index (κ2) is 3.90. The molecule has 0 aliphatic carbocycles. The van der Waals surface area contributed by atoms with Gasteiger partial charge in [0.1, 0.15) is 5.75 Å². The van der Waals surface area contributed by atoms with Crippen LogP contribution < -0.4 is 4.74 Å². The number of rotatable bonds is 2. The number of ether oxygens (including phenoxy) is 1. The standard InChI is InChI=1S/C11H11NO2S/c1-7(12-13)10-6-8-4-3-5-9(14-2)11(8)15-10/h3-6,13H,1-2H3/b12-7+. The fraction of sp³-hybridized carbons (Fsp3) is 0.182. The zero-order valence-corrected chi connectivity index (χ0v) is 9.34. The second-order valence-corrected chi connectivity index (χ2v) is 4.23. The van der Waals surface area contributed by atoms with Gasteiger partial charge in [-0.3, -0.25) is 0 Å². The summed E-state index contributed by atoms with van der Waals surface area (Å²) in [5.74, 6) is 0.856. The van der Waals surface area contributed by atoms with E-state index in [1.165, 1.54) is 0 Å². The van der Waals surface area contributed by atoms with Crippen LogP contribution in [0.3, 0.4) is 0 Å². The topological polar surface area (TPSA) is 41.8 Å². The highest BCUT2D eigenvalue weighted by Crippen LogP contribution is 2.33. The van der Waals surface area contributed by atoms with E-state index in [1.807, 2.05) is 24.3 Å². The van der Waals surface area contributed by atoms with E-state index in [4.69, 9.17) is 9.94 Å². The Bertz CT molecular complexity index is 516. The lowest BCUT2D eigenvalue weighted by Gasteiger charge is -1.98. The molecule has 4 heteroatoms. The van der Waals surface area contributed by atoms with Gasteiger partial charge in [0.05, 0.1) is 22.4 Å². The zero-order valence-electron chi connectivity index (χ0n) is 8.52. The van der Waals surface area contributed by atoms with Gasteiger partial charge in [0, 0.05) is 0 Å². The van der Waals surface area contributed by atoms with Crippen molar-refractivity contribution >= 4 is 27.1 Å². The minimum Gasteiger partial charge on any atom is -0.495 e. The van der Waals surface area contributed by atoms with Crippen LogP contribution in [0.5, 0.6) is 5.75 Å². The van der Waals surface area contributed by atoms with E-state index >= 15 is 0 Å². The molecule has 0 atom stereocenters. The van der Waals surface area contributed by atoms with Crippen molar-refractivity contribution in [2.24, 2.45) is 5.16 Å². The van der Waals surface area contributed by atoms with Crippen molar-refractivity contribution in [3.05, 3.63) is 29.1 Å². The van der Waals surface area contributed by atoms with Gasteiger partial charge < -0.3 is 9.94 Å². The van der Waals surface area contributed by atoms with Crippen LogP contribution in [0, 0.1) is 0 Å². The number of hydrogen-bond acceptors (Lipinski definition) is 4. The Morgan fingerprint density at radius 1 is 1.47 bits per heavy atom. The molecule has 2 rings (SSSR count). The van der Waals surface area contributed by atoms with Crippen LogP contribution in [0.1, 0.15) is 11.8 Å². The molecule has 2 aromatic rings. The third kappa shape index (κ3) is 1.68. The third-order valence-corrected chi connectivity index (χ3v) is 3.51.